The summed E-state index contributed by atoms with van der Waals surface area (Å²) in [4.78, 5) is 21.6. The highest BCUT2D eigenvalue weighted by molar-refractivity contribution is 14.1. The lowest BCUT2D eigenvalue weighted by Gasteiger charge is -2.16. The van der Waals surface area contributed by atoms with Crippen LogP contribution in [0.2, 0.25) is 0 Å². The molecule has 0 aliphatic carbocycles. The molecule has 0 saturated carbocycles. The van der Waals surface area contributed by atoms with Gasteiger partial charge in [-0.1, -0.05) is 0 Å². The van der Waals surface area contributed by atoms with Gasteiger partial charge in [0, 0.05) is 22.6 Å². The van der Waals surface area contributed by atoms with Crippen molar-refractivity contribution in [2.75, 3.05) is 0 Å². The number of carbonyl (C=O) groups is 2. The molecule has 1 aromatic carbocycles. The van der Waals surface area contributed by atoms with Crippen molar-refractivity contribution in [3.8, 4) is 0 Å². The van der Waals surface area contributed by atoms with E-state index in [-0.39, 0.29) is 21.2 Å². The van der Waals surface area contributed by atoms with E-state index in [1.54, 1.807) is 0 Å². The molecule has 0 radical (unpaired) electrons. The summed E-state index contributed by atoms with van der Waals surface area (Å²) in [5.74, 6) is -2.07. The number of carboxylic acid groups (broad SMARTS) is 1. The Hall–Kier alpha value is -1.32. The number of carbonyl (C=O) groups excluding carboxylic acids is 2. The summed E-state index contributed by atoms with van der Waals surface area (Å²) >= 11 is 1.40. The highest BCUT2D eigenvalue weighted by Gasteiger charge is 2.33. The summed E-state index contributed by atoms with van der Waals surface area (Å²) in [6, 6.07) is 1.60. The topological polar surface area (TPSA) is 69.2 Å². The third-order valence-electron chi connectivity index (χ3n) is 2.25. The molecule has 0 unspecified atom stereocenters. The van der Waals surface area contributed by atoms with Crippen LogP contribution in [0.5, 0.6) is 0 Å². The highest BCUT2D eigenvalue weighted by atomic mass is 127. The molecule has 8 heteroatoms. The van der Waals surface area contributed by atoms with Gasteiger partial charge in [-0.05, 0) is 40.3 Å². The lowest BCUT2D eigenvalue weighted by Crippen LogP contribution is -2.27. The Bertz CT molecular complexity index is 529. The van der Waals surface area contributed by atoms with Gasteiger partial charge in [-0.15, -0.1) is 0 Å². The zero-order valence-electron chi connectivity index (χ0n) is 9.60. The molecule has 0 atom stereocenters. The molecule has 0 aromatic heterocycles. The summed E-state index contributed by atoms with van der Waals surface area (Å²) in [6.07, 6.45) is -4.59. The smallest absolute Gasteiger partial charge is 0.417 e. The molecule has 0 saturated heterocycles. The average molecular weight is 386 g/mol. The maximum absolute atomic E-state index is 12.7. The number of benzene rings is 1. The lowest BCUT2D eigenvalue weighted by molar-refractivity contribution is -0.255. The van der Waals surface area contributed by atoms with Gasteiger partial charge < -0.3 is 15.2 Å². The predicted octanol–water partition coefficient (Wildman–Crippen LogP) is 1.31. The fourth-order valence-electron chi connectivity index (χ4n) is 1.39. The summed E-state index contributed by atoms with van der Waals surface area (Å²) in [5.41, 5.74) is -1.47. The van der Waals surface area contributed by atoms with Crippen molar-refractivity contribution in [1.82, 2.24) is 5.32 Å². The Balaban J connectivity index is 3.31. The molecule has 4 nitrogen and oxygen atoms in total. The Morgan fingerprint density at radius 1 is 1.37 bits per heavy atom. The van der Waals surface area contributed by atoms with Crippen LogP contribution in [-0.2, 0) is 17.5 Å². The first kappa shape index (κ1) is 15.7. The van der Waals surface area contributed by atoms with Gasteiger partial charge in [0.25, 0.3) is 0 Å². The van der Waals surface area contributed by atoms with E-state index in [0.29, 0.717) is 6.07 Å². The second-order valence-corrected chi connectivity index (χ2v) is 4.85. The summed E-state index contributed by atoms with van der Waals surface area (Å²) in [5, 5.41) is 13.1. The first-order chi connectivity index (χ1) is 8.62. The Kier molecular flexibility index (Phi) is 4.77. The van der Waals surface area contributed by atoms with Crippen LogP contribution in [0.4, 0.5) is 13.2 Å². The van der Waals surface area contributed by atoms with Crippen LogP contribution >= 0.6 is 22.6 Å². The quantitative estimate of drug-likeness (QED) is 0.797. The molecular weight excluding hydrogens is 378 g/mol. The Labute approximate surface area is 120 Å². The summed E-state index contributed by atoms with van der Waals surface area (Å²) in [7, 11) is 0. The lowest BCUT2D eigenvalue weighted by atomic mass is 10.0. The highest BCUT2D eigenvalue weighted by Crippen LogP contribution is 2.34. The fourth-order valence-corrected chi connectivity index (χ4v) is 2.16. The monoisotopic (exact) mass is 386 g/mol. The summed E-state index contributed by atoms with van der Waals surface area (Å²) < 4.78 is 37.9. The van der Waals surface area contributed by atoms with Crippen LogP contribution in [-0.4, -0.2) is 11.9 Å². The normalized spacial score (nSPS) is 11.2. The molecule has 0 spiro atoms. The van der Waals surface area contributed by atoms with E-state index in [1.807, 2.05) is 0 Å². The van der Waals surface area contributed by atoms with Gasteiger partial charge in [-0.3, -0.25) is 4.79 Å². The molecule has 0 aliphatic heterocycles. The third kappa shape index (κ3) is 4.08. The van der Waals surface area contributed by atoms with Crippen molar-refractivity contribution < 1.29 is 27.9 Å². The van der Waals surface area contributed by atoms with E-state index < -0.39 is 23.6 Å². The van der Waals surface area contributed by atoms with E-state index in [1.165, 1.54) is 29.5 Å². The van der Waals surface area contributed by atoms with Crippen molar-refractivity contribution in [3.05, 3.63) is 32.4 Å². The van der Waals surface area contributed by atoms with Gasteiger partial charge in [0.1, 0.15) is 0 Å². The standard InChI is InChI=1S/C11H9F3INO3/c1-5(17)16-4-6-2-8(11(12,13)14)9(15)3-7(6)10(18)19/h2-3H,4H2,1H3,(H,16,17)(H,18,19)/p-1. The number of halogens is 4. The molecular formula is C11H8F3INO3-. The number of aromatic carboxylic acids is 1. The molecule has 0 bridgehead atoms. The minimum Gasteiger partial charge on any atom is -0.545 e. The average Bonchev–Trinajstić information content (AvgIpc) is 2.24. The first-order valence-corrected chi connectivity index (χ1v) is 6.06. The maximum Gasteiger partial charge on any atom is 0.417 e. The molecule has 19 heavy (non-hydrogen) atoms. The van der Waals surface area contributed by atoms with Crippen molar-refractivity contribution in [3.63, 3.8) is 0 Å². The van der Waals surface area contributed by atoms with Crippen LogP contribution in [0.25, 0.3) is 0 Å². The van der Waals surface area contributed by atoms with E-state index in [0.717, 1.165) is 6.07 Å². The van der Waals surface area contributed by atoms with Gasteiger partial charge in [0.2, 0.25) is 5.91 Å². The van der Waals surface area contributed by atoms with Crippen LogP contribution in [0.15, 0.2) is 12.1 Å². The summed E-state index contributed by atoms with van der Waals surface area (Å²) in [6.45, 7) is 0.870. The van der Waals surface area contributed by atoms with E-state index in [9.17, 15) is 27.9 Å². The first-order valence-electron chi connectivity index (χ1n) is 4.98. The van der Waals surface area contributed by atoms with Crippen molar-refractivity contribution in [2.24, 2.45) is 0 Å². The molecule has 1 aromatic rings. The molecule has 1 N–H and O–H groups in total. The number of hydrogen-bond donors (Lipinski definition) is 1. The molecule has 1 rings (SSSR count). The number of alkyl halides is 3. The van der Waals surface area contributed by atoms with E-state index >= 15 is 0 Å². The minimum atomic E-state index is -4.59. The van der Waals surface area contributed by atoms with Crippen molar-refractivity contribution in [1.29, 1.82) is 0 Å². The third-order valence-corrected chi connectivity index (χ3v) is 3.14. The van der Waals surface area contributed by atoms with Gasteiger partial charge >= 0.3 is 6.18 Å². The number of amides is 1. The van der Waals surface area contributed by atoms with Gasteiger partial charge in [-0.25, -0.2) is 0 Å². The number of hydrogen-bond acceptors (Lipinski definition) is 3. The molecule has 1 amide bonds. The van der Waals surface area contributed by atoms with Gasteiger partial charge in [-0.2, -0.15) is 13.2 Å². The van der Waals surface area contributed by atoms with Crippen LogP contribution in [0.3, 0.4) is 0 Å². The van der Waals surface area contributed by atoms with Crippen LogP contribution < -0.4 is 10.4 Å². The number of carboxylic acids is 1. The zero-order valence-corrected chi connectivity index (χ0v) is 11.8. The van der Waals surface area contributed by atoms with Crippen LogP contribution in [0.1, 0.15) is 28.4 Å². The molecule has 0 heterocycles. The second-order valence-electron chi connectivity index (χ2n) is 3.68. The zero-order chi connectivity index (χ0) is 14.8. The van der Waals surface area contributed by atoms with Gasteiger partial charge in [0.05, 0.1) is 11.5 Å². The van der Waals surface area contributed by atoms with E-state index in [2.05, 4.69) is 5.32 Å². The SMILES string of the molecule is CC(=O)NCc1cc(C(F)(F)F)c(I)cc1C(=O)[O-]. The van der Waals surface area contributed by atoms with Gasteiger partial charge in [0.15, 0.2) is 0 Å². The maximum atomic E-state index is 12.7. The molecule has 0 aliphatic rings. The second kappa shape index (κ2) is 5.76. The minimum absolute atomic E-state index is 0.150. The molecule has 104 valence electrons. The fraction of sp³-hybridized carbons (Fsp3) is 0.273. The predicted molar refractivity (Wildman–Crippen MR) is 66.0 cm³/mol. The molecule has 0 fully saturated rings. The van der Waals surface area contributed by atoms with Crippen LogP contribution in [0, 0.1) is 3.57 Å². The largest absolute Gasteiger partial charge is 0.545 e. The Morgan fingerprint density at radius 2 is 1.95 bits per heavy atom. The van der Waals surface area contributed by atoms with Crippen molar-refractivity contribution in [2.45, 2.75) is 19.6 Å². The Morgan fingerprint density at radius 3 is 2.37 bits per heavy atom. The van der Waals surface area contributed by atoms with E-state index in [4.69, 9.17) is 0 Å². The van der Waals surface area contributed by atoms with Crippen molar-refractivity contribution >= 4 is 34.5 Å². The number of nitrogens with one attached hydrogen (secondary N) is 1. The number of rotatable bonds is 3.